The molecule has 29 heavy (non-hydrogen) atoms. The van der Waals surface area contributed by atoms with Gasteiger partial charge < -0.3 is 14.7 Å². The minimum absolute atomic E-state index is 0.0361. The molecule has 0 radical (unpaired) electrons. The molecule has 1 fully saturated rings. The molecule has 0 unspecified atom stereocenters. The topological polar surface area (TPSA) is 32.7 Å². The van der Waals surface area contributed by atoms with Crippen molar-refractivity contribution in [2.45, 2.75) is 57.5 Å². The molecule has 1 aliphatic heterocycles. The van der Waals surface area contributed by atoms with Crippen LogP contribution in [0.1, 0.15) is 63.0 Å². The van der Waals surface area contributed by atoms with E-state index in [4.69, 9.17) is 4.74 Å². The Labute approximate surface area is 176 Å². The minimum Gasteiger partial charge on any atom is -0.497 e. The molecule has 2 aromatic rings. The fourth-order valence-corrected chi connectivity index (χ4v) is 4.53. The highest BCUT2D eigenvalue weighted by Gasteiger charge is 2.40. The van der Waals surface area contributed by atoms with Gasteiger partial charge in [0.15, 0.2) is 0 Å². The Morgan fingerprint density at radius 3 is 2.21 bits per heavy atom. The van der Waals surface area contributed by atoms with Crippen molar-refractivity contribution in [3.63, 3.8) is 0 Å². The zero-order chi connectivity index (χ0) is 20.7. The van der Waals surface area contributed by atoms with Gasteiger partial charge in [-0.2, -0.15) is 0 Å². The van der Waals surface area contributed by atoms with E-state index in [1.807, 2.05) is 24.3 Å². The highest BCUT2D eigenvalue weighted by atomic mass is 16.5. The molecular formula is C26H37NO2. The van der Waals surface area contributed by atoms with Gasteiger partial charge in [-0.25, -0.2) is 0 Å². The van der Waals surface area contributed by atoms with E-state index in [0.717, 1.165) is 43.8 Å². The lowest BCUT2D eigenvalue weighted by molar-refractivity contribution is -0.0187. The molecule has 2 atom stereocenters. The molecule has 1 aliphatic rings. The molecule has 2 aromatic carbocycles. The Bertz CT molecular complexity index is 722. The van der Waals surface area contributed by atoms with Gasteiger partial charge >= 0.3 is 0 Å². The summed E-state index contributed by atoms with van der Waals surface area (Å²) in [5.74, 6) is 1.41. The summed E-state index contributed by atoms with van der Waals surface area (Å²) in [6.07, 6.45) is 5.59. The second-order valence-corrected chi connectivity index (χ2v) is 8.91. The first-order chi connectivity index (χ1) is 14.0. The number of hydrogen-bond donors (Lipinski definition) is 1. The lowest BCUT2D eigenvalue weighted by atomic mass is 9.73. The van der Waals surface area contributed by atoms with E-state index in [9.17, 15) is 5.11 Å². The number of methoxy groups -OCH3 is 1. The predicted octanol–water partition coefficient (Wildman–Crippen LogP) is 5.59. The van der Waals surface area contributed by atoms with E-state index in [2.05, 4.69) is 49.1 Å². The van der Waals surface area contributed by atoms with Crippen molar-refractivity contribution < 1.29 is 9.84 Å². The monoisotopic (exact) mass is 395 g/mol. The van der Waals surface area contributed by atoms with Crippen LogP contribution in [0.25, 0.3) is 0 Å². The molecule has 3 rings (SSSR count). The average Bonchev–Trinajstić information content (AvgIpc) is 2.77. The summed E-state index contributed by atoms with van der Waals surface area (Å²) in [5, 5.41) is 12.3. The van der Waals surface area contributed by atoms with Crippen LogP contribution in [0, 0.1) is 5.92 Å². The maximum Gasteiger partial charge on any atom is 0.118 e. The highest BCUT2D eigenvalue weighted by molar-refractivity contribution is 5.35. The fraction of sp³-hybridized carbons (Fsp3) is 0.538. The van der Waals surface area contributed by atoms with E-state index < -0.39 is 5.60 Å². The molecule has 0 aliphatic carbocycles. The van der Waals surface area contributed by atoms with Crippen molar-refractivity contribution in [1.82, 2.24) is 4.90 Å². The number of hydrogen-bond acceptors (Lipinski definition) is 3. The van der Waals surface area contributed by atoms with Crippen LogP contribution in [0.4, 0.5) is 0 Å². The standard InChI is InChI=1S/C26H37NO2/c1-21(2)16-17-26(28,23-12-14-24(29-3)15-13-23)25(22-10-6-4-7-11-22)20-27-18-8-5-9-19-27/h4,6-7,10-15,21,25,28H,5,8-9,16-20H2,1-3H3/t25-,26-/m1/s1. The highest BCUT2D eigenvalue weighted by Crippen LogP contribution is 2.42. The lowest BCUT2D eigenvalue weighted by Crippen LogP contribution is -2.43. The van der Waals surface area contributed by atoms with Crippen molar-refractivity contribution in [2.75, 3.05) is 26.7 Å². The Kier molecular flexibility index (Phi) is 7.74. The summed E-state index contributed by atoms with van der Waals surface area (Å²) < 4.78 is 5.36. The maximum absolute atomic E-state index is 12.3. The van der Waals surface area contributed by atoms with Crippen LogP contribution in [0.15, 0.2) is 54.6 Å². The van der Waals surface area contributed by atoms with Crippen LogP contribution in [-0.2, 0) is 5.60 Å². The third kappa shape index (κ3) is 5.61. The normalized spacial score (nSPS) is 18.4. The van der Waals surface area contributed by atoms with Gasteiger partial charge in [0.1, 0.15) is 5.75 Å². The first-order valence-corrected chi connectivity index (χ1v) is 11.2. The Morgan fingerprint density at radius 2 is 1.62 bits per heavy atom. The van der Waals surface area contributed by atoms with E-state index in [0.29, 0.717) is 5.92 Å². The average molecular weight is 396 g/mol. The van der Waals surface area contributed by atoms with Crippen LogP contribution in [0.3, 0.4) is 0 Å². The molecule has 1 saturated heterocycles. The first-order valence-electron chi connectivity index (χ1n) is 11.2. The Morgan fingerprint density at radius 1 is 0.966 bits per heavy atom. The van der Waals surface area contributed by atoms with E-state index in [-0.39, 0.29) is 5.92 Å². The Balaban J connectivity index is 1.99. The van der Waals surface area contributed by atoms with Crippen molar-refractivity contribution in [2.24, 2.45) is 5.92 Å². The first kappa shape index (κ1) is 21.9. The van der Waals surface area contributed by atoms with Crippen LogP contribution >= 0.6 is 0 Å². The molecule has 3 nitrogen and oxygen atoms in total. The number of rotatable bonds is 9. The van der Waals surface area contributed by atoms with Crippen molar-refractivity contribution in [1.29, 1.82) is 0 Å². The minimum atomic E-state index is -0.907. The second kappa shape index (κ2) is 10.3. The molecule has 0 amide bonds. The van der Waals surface area contributed by atoms with Crippen LogP contribution in [0.5, 0.6) is 5.75 Å². The summed E-state index contributed by atoms with van der Waals surface area (Å²) in [4.78, 5) is 2.55. The summed E-state index contributed by atoms with van der Waals surface area (Å²) in [6.45, 7) is 7.62. The van der Waals surface area contributed by atoms with E-state index in [1.54, 1.807) is 7.11 Å². The summed E-state index contributed by atoms with van der Waals surface area (Å²) >= 11 is 0. The molecule has 1 N–H and O–H groups in total. The summed E-state index contributed by atoms with van der Waals surface area (Å²) in [6, 6.07) is 18.6. The van der Waals surface area contributed by atoms with Crippen LogP contribution in [-0.4, -0.2) is 36.8 Å². The van der Waals surface area contributed by atoms with Gasteiger partial charge in [0.2, 0.25) is 0 Å². The molecule has 0 bridgehead atoms. The second-order valence-electron chi connectivity index (χ2n) is 8.91. The van der Waals surface area contributed by atoms with Crippen molar-refractivity contribution in [3.05, 3.63) is 65.7 Å². The largest absolute Gasteiger partial charge is 0.497 e. The summed E-state index contributed by atoms with van der Waals surface area (Å²) in [7, 11) is 1.68. The fourth-order valence-electron chi connectivity index (χ4n) is 4.53. The Hall–Kier alpha value is -1.84. The zero-order valence-electron chi connectivity index (χ0n) is 18.3. The molecule has 0 aromatic heterocycles. The van der Waals surface area contributed by atoms with Gasteiger partial charge in [-0.3, -0.25) is 0 Å². The van der Waals surface area contributed by atoms with Crippen molar-refractivity contribution >= 4 is 0 Å². The number of ether oxygens (including phenoxy) is 1. The summed E-state index contributed by atoms with van der Waals surface area (Å²) in [5.41, 5.74) is 1.31. The molecular weight excluding hydrogens is 358 g/mol. The third-order valence-electron chi connectivity index (χ3n) is 6.36. The molecule has 0 saturated carbocycles. The zero-order valence-corrected chi connectivity index (χ0v) is 18.3. The van der Waals surface area contributed by atoms with Crippen LogP contribution < -0.4 is 4.74 Å². The quantitative estimate of drug-likeness (QED) is 0.601. The maximum atomic E-state index is 12.3. The molecule has 1 heterocycles. The predicted molar refractivity (Wildman–Crippen MR) is 120 cm³/mol. The van der Waals surface area contributed by atoms with Crippen molar-refractivity contribution in [3.8, 4) is 5.75 Å². The molecule has 158 valence electrons. The van der Waals surface area contributed by atoms with E-state index in [1.165, 1.54) is 24.8 Å². The van der Waals surface area contributed by atoms with Gasteiger partial charge in [-0.05, 0) is 68.0 Å². The van der Waals surface area contributed by atoms with E-state index >= 15 is 0 Å². The smallest absolute Gasteiger partial charge is 0.118 e. The number of likely N-dealkylation sites (tertiary alicyclic amines) is 1. The lowest BCUT2D eigenvalue weighted by Gasteiger charge is -2.41. The van der Waals surface area contributed by atoms with Gasteiger partial charge in [-0.1, -0.05) is 62.7 Å². The number of nitrogens with zero attached hydrogens (tertiary/aromatic N) is 1. The number of aliphatic hydroxyl groups is 1. The number of benzene rings is 2. The number of piperidine rings is 1. The van der Waals surface area contributed by atoms with Gasteiger partial charge in [-0.15, -0.1) is 0 Å². The van der Waals surface area contributed by atoms with Gasteiger partial charge in [0.25, 0.3) is 0 Å². The molecule has 3 heteroatoms. The van der Waals surface area contributed by atoms with Gasteiger partial charge in [0.05, 0.1) is 12.7 Å². The SMILES string of the molecule is COc1ccc([C@](O)(CCC(C)C)[C@H](CN2CCCCC2)c2ccccc2)cc1. The van der Waals surface area contributed by atoms with Crippen LogP contribution in [0.2, 0.25) is 0 Å². The van der Waals surface area contributed by atoms with Gasteiger partial charge in [0, 0.05) is 12.5 Å². The molecule has 0 spiro atoms. The third-order valence-corrected chi connectivity index (χ3v) is 6.36.